The second-order valence-electron chi connectivity index (χ2n) is 9.62. The van der Waals surface area contributed by atoms with Gasteiger partial charge in [-0.25, -0.2) is 9.67 Å². The summed E-state index contributed by atoms with van der Waals surface area (Å²) in [5.74, 6) is 1.66. The van der Waals surface area contributed by atoms with Crippen LogP contribution in [0.1, 0.15) is 19.8 Å². The molecule has 1 N–H and O–H groups in total. The second-order valence-corrected chi connectivity index (χ2v) is 9.62. The van der Waals surface area contributed by atoms with Crippen LogP contribution in [0, 0.1) is 0 Å². The molecule has 1 saturated heterocycles. The molecule has 0 atom stereocenters. The maximum absolute atomic E-state index is 9.63. The van der Waals surface area contributed by atoms with Crippen LogP contribution in [0.25, 0.3) is 27.9 Å². The van der Waals surface area contributed by atoms with Gasteiger partial charge in [-0.3, -0.25) is 0 Å². The summed E-state index contributed by atoms with van der Waals surface area (Å²) in [6, 6.07) is 15.5. The molecule has 0 aliphatic carbocycles. The van der Waals surface area contributed by atoms with Gasteiger partial charge in [0.2, 0.25) is 5.95 Å². The third kappa shape index (κ3) is 4.48. The Labute approximate surface area is 215 Å². The van der Waals surface area contributed by atoms with Gasteiger partial charge >= 0.3 is 0 Å². The maximum Gasteiger partial charge on any atom is 0.229 e. The maximum atomic E-state index is 9.63. The van der Waals surface area contributed by atoms with Crippen LogP contribution in [0.2, 0.25) is 0 Å². The Morgan fingerprint density at radius 1 is 0.973 bits per heavy atom. The number of aromatic hydroxyl groups is 1. The molecule has 9 nitrogen and oxygen atoms in total. The van der Waals surface area contributed by atoms with Crippen molar-refractivity contribution in [3.05, 3.63) is 73.2 Å². The lowest BCUT2D eigenvalue weighted by molar-refractivity contribution is 0.475. The Hall–Kier alpha value is -4.40. The Morgan fingerprint density at radius 2 is 1.73 bits per heavy atom. The number of hydrogen-bond acceptors (Lipinski definition) is 7. The number of phenols is 1. The van der Waals surface area contributed by atoms with E-state index in [4.69, 9.17) is 15.0 Å². The van der Waals surface area contributed by atoms with Gasteiger partial charge in [-0.05, 0) is 50.1 Å². The average Bonchev–Trinajstić information content (AvgIpc) is 3.53. The van der Waals surface area contributed by atoms with Crippen LogP contribution < -0.4 is 9.80 Å². The largest absolute Gasteiger partial charge is 0.508 e. The number of nitrogens with zero attached hydrogens (tertiary/aromatic N) is 8. The second kappa shape index (κ2) is 9.57. The van der Waals surface area contributed by atoms with E-state index in [2.05, 4.69) is 45.1 Å². The minimum absolute atomic E-state index is 0.280. The van der Waals surface area contributed by atoms with Crippen LogP contribution >= 0.6 is 0 Å². The molecule has 0 unspecified atom stereocenters. The van der Waals surface area contributed by atoms with E-state index in [0.29, 0.717) is 11.8 Å². The summed E-state index contributed by atoms with van der Waals surface area (Å²) in [6.07, 6.45) is 5.67. The molecular formula is C28H30N8O. The fourth-order valence-corrected chi connectivity index (χ4v) is 4.89. The molecule has 0 radical (unpaired) electrons. The Balaban J connectivity index is 1.36. The van der Waals surface area contributed by atoms with Crippen molar-refractivity contribution in [3.63, 3.8) is 0 Å². The highest BCUT2D eigenvalue weighted by Gasteiger charge is 2.23. The number of phenolic OH excluding ortho intramolecular Hbond substituents is 1. The van der Waals surface area contributed by atoms with Gasteiger partial charge in [0.15, 0.2) is 17.0 Å². The first-order valence-electron chi connectivity index (χ1n) is 12.7. The molecule has 188 valence electrons. The van der Waals surface area contributed by atoms with E-state index >= 15 is 0 Å². The number of benzene rings is 2. The van der Waals surface area contributed by atoms with Crippen molar-refractivity contribution < 1.29 is 5.11 Å². The zero-order valence-electron chi connectivity index (χ0n) is 21.0. The summed E-state index contributed by atoms with van der Waals surface area (Å²) >= 11 is 0. The SMILES string of the molecule is C=C(C)CCCn1cnc2c(-n3ncc4ccccc43)nc(N3CCN(c4ccc(O)cc4)CC3)nc21. The third-order valence-electron chi connectivity index (χ3n) is 6.89. The number of hydrogen-bond donors (Lipinski definition) is 1. The summed E-state index contributed by atoms with van der Waals surface area (Å²) in [5.41, 5.74) is 4.84. The monoisotopic (exact) mass is 494 g/mol. The molecule has 2 aromatic carbocycles. The van der Waals surface area contributed by atoms with Crippen LogP contribution in [-0.2, 0) is 6.54 Å². The summed E-state index contributed by atoms with van der Waals surface area (Å²) in [7, 11) is 0. The quantitative estimate of drug-likeness (QED) is 0.332. The smallest absolute Gasteiger partial charge is 0.229 e. The topological polar surface area (TPSA) is 88.1 Å². The molecule has 37 heavy (non-hydrogen) atoms. The van der Waals surface area contributed by atoms with Gasteiger partial charge < -0.3 is 19.5 Å². The van der Waals surface area contributed by atoms with Gasteiger partial charge in [0.05, 0.1) is 18.0 Å². The van der Waals surface area contributed by atoms with Crippen molar-refractivity contribution in [1.82, 2.24) is 29.3 Å². The van der Waals surface area contributed by atoms with Crippen molar-refractivity contribution in [2.24, 2.45) is 0 Å². The molecule has 0 bridgehead atoms. The molecule has 0 spiro atoms. The van der Waals surface area contributed by atoms with Gasteiger partial charge in [0, 0.05) is 43.8 Å². The molecule has 0 amide bonds. The van der Waals surface area contributed by atoms with E-state index in [0.717, 1.165) is 73.3 Å². The number of fused-ring (bicyclic) bond motifs is 2. The lowest BCUT2D eigenvalue weighted by Crippen LogP contribution is -2.47. The Bertz CT molecular complexity index is 1560. The highest BCUT2D eigenvalue weighted by atomic mass is 16.3. The Morgan fingerprint density at radius 3 is 2.51 bits per heavy atom. The van der Waals surface area contributed by atoms with Crippen LogP contribution in [0.3, 0.4) is 0 Å². The van der Waals surface area contributed by atoms with Gasteiger partial charge in [-0.15, -0.1) is 6.58 Å². The highest BCUT2D eigenvalue weighted by Crippen LogP contribution is 2.27. The molecular weight excluding hydrogens is 464 g/mol. The van der Waals surface area contributed by atoms with Crippen molar-refractivity contribution in [1.29, 1.82) is 0 Å². The van der Waals surface area contributed by atoms with Gasteiger partial charge in [0.25, 0.3) is 0 Å². The zero-order valence-corrected chi connectivity index (χ0v) is 21.0. The lowest BCUT2D eigenvalue weighted by atomic mass is 10.2. The predicted octanol–water partition coefficient (Wildman–Crippen LogP) is 4.55. The average molecular weight is 495 g/mol. The van der Waals surface area contributed by atoms with Gasteiger partial charge in [0.1, 0.15) is 5.75 Å². The fraction of sp³-hybridized carbons (Fsp3) is 0.286. The van der Waals surface area contributed by atoms with E-state index in [-0.39, 0.29) is 5.75 Å². The van der Waals surface area contributed by atoms with Crippen LogP contribution in [-0.4, -0.2) is 60.6 Å². The number of rotatable bonds is 7. The normalized spacial score (nSPS) is 14.1. The van der Waals surface area contributed by atoms with E-state index < -0.39 is 0 Å². The van der Waals surface area contributed by atoms with E-state index in [9.17, 15) is 5.11 Å². The van der Waals surface area contributed by atoms with E-state index in [1.54, 1.807) is 12.1 Å². The van der Waals surface area contributed by atoms with Crippen molar-refractivity contribution in [2.45, 2.75) is 26.3 Å². The number of allylic oxidation sites excluding steroid dienone is 1. The van der Waals surface area contributed by atoms with Crippen molar-refractivity contribution in [3.8, 4) is 11.6 Å². The van der Waals surface area contributed by atoms with Crippen LogP contribution in [0.5, 0.6) is 5.75 Å². The van der Waals surface area contributed by atoms with Crippen molar-refractivity contribution >= 4 is 33.7 Å². The first-order valence-corrected chi connectivity index (χ1v) is 12.7. The number of aromatic nitrogens is 6. The molecule has 5 aromatic rings. The molecule has 1 fully saturated rings. The zero-order chi connectivity index (χ0) is 25.4. The standard InChI is InChI=1S/C28H30N8O/c1-20(2)6-5-13-35-19-29-25-26(35)31-28(32-27(25)36-24-8-4-3-7-21(24)18-30-36)34-16-14-33(15-17-34)22-9-11-23(37)12-10-22/h3-4,7-12,18-19,37H,1,5-6,13-17H2,2H3. The summed E-state index contributed by atoms with van der Waals surface area (Å²) < 4.78 is 3.99. The number of para-hydroxylation sites is 1. The molecule has 3 aromatic heterocycles. The molecule has 1 aliphatic rings. The summed E-state index contributed by atoms with van der Waals surface area (Å²) in [4.78, 5) is 19.3. The summed E-state index contributed by atoms with van der Waals surface area (Å²) in [6.45, 7) is 10.2. The highest BCUT2D eigenvalue weighted by molar-refractivity contribution is 5.85. The number of aryl methyl sites for hydroxylation is 1. The fourth-order valence-electron chi connectivity index (χ4n) is 4.89. The van der Waals surface area contributed by atoms with Crippen molar-refractivity contribution in [2.75, 3.05) is 36.0 Å². The van der Waals surface area contributed by atoms with Crippen LogP contribution in [0.4, 0.5) is 11.6 Å². The van der Waals surface area contributed by atoms with E-state index in [1.165, 1.54) is 5.57 Å². The third-order valence-corrected chi connectivity index (χ3v) is 6.89. The first kappa shape index (κ1) is 23.0. The molecule has 0 saturated carbocycles. The molecule has 6 rings (SSSR count). The molecule has 4 heterocycles. The van der Waals surface area contributed by atoms with Crippen LogP contribution in [0.15, 0.2) is 73.2 Å². The van der Waals surface area contributed by atoms with Gasteiger partial charge in [-0.2, -0.15) is 15.1 Å². The Kier molecular flexibility index (Phi) is 5.96. The number of piperazine rings is 1. The van der Waals surface area contributed by atoms with Gasteiger partial charge in [-0.1, -0.05) is 23.8 Å². The minimum Gasteiger partial charge on any atom is -0.508 e. The molecule has 1 aliphatic heterocycles. The first-order chi connectivity index (χ1) is 18.1. The van der Waals surface area contributed by atoms with E-state index in [1.807, 2.05) is 41.5 Å². The minimum atomic E-state index is 0.280. The molecule has 9 heteroatoms. The predicted molar refractivity (Wildman–Crippen MR) is 147 cm³/mol. The summed E-state index contributed by atoms with van der Waals surface area (Å²) in [5, 5.41) is 15.4. The number of anilines is 2. The number of imidazole rings is 1. The lowest BCUT2D eigenvalue weighted by Gasteiger charge is -2.36.